The van der Waals surface area contributed by atoms with Gasteiger partial charge in [0.2, 0.25) is 0 Å². The maximum Gasteiger partial charge on any atom is 0.317 e. The highest BCUT2D eigenvalue weighted by Crippen LogP contribution is 2.28. The first kappa shape index (κ1) is 16.8. The van der Waals surface area contributed by atoms with Crippen molar-refractivity contribution in [3.05, 3.63) is 0 Å². The first-order chi connectivity index (χ1) is 9.25. The average molecular weight is 284 g/mol. The predicted molar refractivity (Wildman–Crippen MR) is 78.7 cm³/mol. The fourth-order valence-electron chi connectivity index (χ4n) is 2.14. The minimum Gasteiger partial charge on any atom is -0.481 e. The highest BCUT2D eigenvalue weighted by molar-refractivity contribution is 5.76. The second kappa shape index (κ2) is 6.95. The molecule has 1 saturated carbocycles. The zero-order valence-corrected chi connectivity index (χ0v) is 13.1. The molecule has 0 aromatic heterocycles. The Kier molecular flexibility index (Phi) is 5.84. The second-order valence-electron chi connectivity index (χ2n) is 6.74. The number of carboxylic acids is 1. The van der Waals surface area contributed by atoms with Crippen LogP contribution in [0.25, 0.3) is 0 Å². The molecule has 1 unspecified atom stereocenters. The quantitative estimate of drug-likeness (QED) is 0.755. The molecule has 0 saturated heterocycles. The molecule has 0 bridgehead atoms. The summed E-state index contributed by atoms with van der Waals surface area (Å²) in [6.45, 7) is 8.72. The summed E-state index contributed by atoms with van der Waals surface area (Å²) >= 11 is 0. The van der Waals surface area contributed by atoms with E-state index in [1.54, 1.807) is 0 Å². The largest absolute Gasteiger partial charge is 0.481 e. The second-order valence-corrected chi connectivity index (χ2v) is 6.74. The molecule has 2 N–H and O–H groups in total. The summed E-state index contributed by atoms with van der Waals surface area (Å²) in [5, 5.41) is 11.9. The van der Waals surface area contributed by atoms with Gasteiger partial charge in [-0.1, -0.05) is 34.1 Å². The number of nitrogens with zero attached hydrogens (tertiary/aromatic N) is 1. The summed E-state index contributed by atoms with van der Waals surface area (Å²) in [6.07, 6.45) is 4.13. The van der Waals surface area contributed by atoms with Crippen LogP contribution in [-0.2, 0) is 4.79 Å². The molecule has 0 radical (unpaired) electrons. The smallest absolute Gasteiger partial charge is 0.317 e. The van der Waals surface area contributed by atoms with Crippen LogP contribution in [0, 0.1) is 5.41 Å². The monoisotopic (exact) mass is 284 g/mol. The Hall–Kier alpha value is -1.26. The van der Waals surface area contributed by atoms with Gasteiger partial charge in [0.05, 0.1) is 6.42 Å². The number of carbonyl (C=O) groups is 2. The van der Waals surface area contributed by atoms with Gasteiger partial charge in [-0.15, -0.1) is 0 Å². The van der Waals surface area contributed by atoms with Crippen molar-refractivity contribution in [3.63, 3.8) is 0 Å². The van der Waals surface area contributed by atoms with Gasteiger partial charge < -0.3 is 15.3 Å². The van der Waals surface area contributed by atoms with E-state index < -0.39 is 5.97 Å². The van der Waals surface area contributed by atoms with E-state index in [0.717, 1.165) is 32.2 Å². The Morgan fingerprint density at radius 1 is 1.35 bits per heavy atom. The third-order valence-corrected chi connectivity index (χ3v) is 3.72. The summed E-state index contributed by atoms with van der Waals surface area (Å²) in [5.74, 6) is -0.878. The Morgan fingerprint density at radius 2 is 1.95 bits per heavy atom. The van der Waals surface area contributed by atoms with Crippen molar-refractivity contribution >= 4 is 12.0 Å². The molecule has 1 fully saturated rings. The lowest BCUT2D eigenvalue weighted by atomic mass is 9.85. The number of unbranched alkanes of at least 4 members (excludes halogenated alkanes) is 1. The van der Waals surface area contributed by atoms with Gasteiger partial charge in [-0.2, -0.15) is 0 Å². The van der Waals surface area contributed by atoms with Crippen LogP contribution in [0.5, 0.6) is 0 Å². The molecule has 0 aromatic carbocycles. The minimum atomic E-state index is -0.878. The lowest BCUT2D eigenvalue weighted by Gasteiger charge is -2.33. The van der Waals surface area contributed by atoms with Crippen LogP contribution in [0.1, 0.15) is 59.8 Å². The minimum absolute atomic E-state index is 0.0402. The van der Waals surface area contributed by atoms with Crippen LogP contribution in [0.15, 0.2) is 0 Å². The lowest BCUT2D eigenvalue weighted by Crippen LogP contribution is -2.51. The Balaban J connectivity index is 2.65. The maximum atomic E-state index is 12.4. The van der Waals surface area contributed by atoms with E-state index in [9.17, 15) is 9.59 Å². The normalized spacial score (nSPS) is 16.6. The van der Waals surface area contributed by atoms with E-state index in [-0.39, 0.29) is 23.9 Å². The number of carbonyl (C=O) groups excluding carboxylic acids is 1. The van der Waals surface area contributed by atoms with Crippen LogP contribution in [-0.4, -0.2) is 40.6 Å². The average Bonchev–Trinajstić information content (AvgIpc) is 3.11. The number of amides is 2. The highest BCUT2D eigenvalue weighted by atomic mass is 16.4. The van der Waals surface area contributed by atoms with E-state index in [0.29, 0.717) is 6.04 Å². The fourth-order valence-corrected chi connectivity index (χ4v) is 2.14. The maximum absolute atomic E-state index is 12.4. The van der Waals surface area contributed by atoms with Crippen molar-refractivity contribution in [3.8, 4) is 0 Å². The molecule has 116 valence electrons. The van der Waals surface area contributed by atoms with E-state index in [2.05, 4.69) is 12.2 Å². The summed E-state index contributed by atoms with van der Waals surface area (Å²) < 4.78 is 0. The molecule has 1 aliphatic rings. The van der Waals surface area contributed by atoms with Gasteiger partial charge in [0.1, 0.15) is 0 Å². The van der Waals surface area contributed by atoms with Crippen molar-refractivity contribution < 1.29 is 14.7 Å². The number of aliphatic carboxylic acids is 1. The summed E-state index contributed by atoms with van der Waals surface area (Å²) in [5.41, 5.74) is -0.270. The molecule has 20 heavy (non-hydrogen) atoms. The van der Waals surface area contributed by atoms with E-state index in [1.165, 1.54) is 0 Å². The number of carboxylic acid groups (broad SMARTS) is 1. The number of urea groups is 1. The van der Waals surface area contributed by atoms with Crippen molar-refractivity contribution in [2.24, 2.45) is 5.41 Å². The first-order valence-corrected chi connectivity index (χ1v) is 7.54. The number of hydrogen-bond donors (Lipinski definition) is 2. The molecule has 1 rings (SSSR count). The van der Waals surface area contributed by atoms with E-state index in [1.807, 2.05) is 25.7 Å². The standard InChI is InChI=1S/C15H28N2O3/c1-5-6-9-17(11-7-8-11)14(20)16-12(10-13(18)19)15(2,3)4/h11-12H,5-10H2,1-4H3,(H,16,20)(H,18,19). The van der Waals surface area contributed by atoms with Gasteiger partial charge in [0.15, 0.2) is 0 Å². The summed E-state index contributed by atoms with van der Waals surface area (Å²) in [7, 11) is 0. The highest BCUT2D eigenvalue weighted by Gasteiger charge is 2.35. The van der Waals surface area contributed by atoms with E-state index >= 15 is 0 Å². The van der Waals surface area contributed by atoms with Crippen molar-refractivity contribution in [1.82, 2.24) is 10.2 Å². The number of rotatable bonds is 7. The molecule has 0 spiro atoms. The Morgan fingerprint density at radius 3 is 2.35 bits per heavy atom. The van der Waals surface area contributed by atoms with Gasteiger partial charge in [0.25, 0.3) is 0 Å². The molecular weight excluding hydrogens is 256 g/mol. The van der Waals surface area contributed by atoms with Crippen LogP contribution >= 0.6 is 0 Å². The SMILES string of the molecule is CCCCN(C(=O)NC(CC(=O)O)C(C)(C)C)C1CC1. The van der Waals surface area contributed by atoms with Crippen LogP contribution in [0.2, 0.25) is 0 Å². The van der Waals surface area contributed by atoms with Crippen molar-refractivity contribution in [1.29, 1.82) is 0 Å². The van der Waals surface area contributed by atoms with Crippen LogP contribution in [0.3, 0.4) is 0 Å². The van der Waals surface area contributed by atoms with Gasteiger partial charge >= 0.3 is 12.0 Å². The van der Waals surface area contributed by atoms with Crippen LogP contribution in [0.4, 0.5) is 4.79 Å². The Bertz CT molecular complexity index is 346. The zero-order chi connectivity index (χ0) is 15.3. The molecule has 1 atom stereocenters. The molecule has 5 heteroatoms. The molecule has 0 aromatic rings. The van der Waals surface area contributed by atoms with Gasteiger partial charge in [-0.3, -0.25) is 4.79 Å². The van der Waals surface area contributed by atoms with Crippen molar-refractivity contribution in [2.45, 2.75) is 71.9 Å². The summed E-state index contributed by atoms with van der Waals surface area (Å²) in [4.78, 5) is 25.2. The van der Waals surface area contributed by atoms with Crippen molar-refractivity contribution in [2.75, 3.05) is 6.54 Å². The van der Waals surface area contributed by atoms with E-state index in [4.69, 9.17) is 5.11 Å². The van der Waals surface area contributed by atoms with Gasteiger partial charge in [-0.25, -0.2) is 4.79 Å². The topological polar surface area (TPSA) is 69.6 Å². The number of hydrogen-bond acceptors (Lipinski definition) is 2. The van der Waals surface area contributed by atoms with Gasteiger partial charge in [-0.05, 0) is 24.7 Å². The van der Waals surface area contributed by atoms with Crippen LogP contribution < -0.4 is 5.32 Å². The molecule has 5 nitrogen and oxygen atoms in total. The molecule has 1 aliphatic carbocycles. The third-order valence-electron chi connectivity index (χ3n) is 3.72. The van der Waals surface area contributed by atoms with Gasteiger partial charge in [0, 0.05) is 18.6 Å². The molecular formula is C15H28N2O3. The Labute approximate surface area is 121 Å². The molecule has 0 heterocycles. The zero-order valence-electron chi connectivity index (χ0n) is 13.1. The fraction of sp³-hybridized carbons (Fsp3) is 0.867. The first-order valence-electron chi connectivity index (χ1n) is 7.54. The third kappa shape index (κ3) is 5.39. The number of nitrogens with one attached hydrogen (secondary N) is 1. The predicted octanol–water partition coefficient (Wildman–Crippen LogP) is 2.85. The molecule has 2 amide bonds. The summed E-state index contributed by atoms with van der Waals surface area (Å²) in [6, 6.07) is -0.107. The molecule has 0 aliphatic heterocycles. The lowest BCUT2D eigenvalue weighted by molar-refractivity contribution is -0.138.